The lowest BCUT2D eigenvalue weighted by Gasteiger charge is -2.21. The molecule has 3 heterocycles. The Balaban J connectivity index is 1.66. The van der Waals surface area contributed by atoms with E-state index in [0.717, 1.165) is 17.0 Å². The Morgan fingerprint density at radius 3 is 2.63 bits per heavy atom. The second-order valence-electron chi connectivity index (χ2n) is 6.24. The van der Waals surface area contributed by atoms with E-state index in [1.807, 2.05) is 42.3 Å². The standard InChI is InChI=1S/C19H16N4O3S/c1-22-18(17(21-19(22)27)14-4-2-3-11-20-14)16-10-9-15(26-16)12-5-7-13(8-6-12)23(24)25/h2-11,17-18H,1H3,(H,21,27)/t17-,18-/m0/s1. The van der Waals surface area contributed by atoms with Crippen LogP contribution in [0.2, 0.25) is 0 Å². The summed E-state index contributed by atoms with van der Waals surface area (Å²) in [5.41, 5.74) is 1.70. The summed E-state index contributed by atoms with van der Waals surface area (Å²) < 4.78 is 6.09. The first-order chi connectivity index (χ1) is 13.0. The first-order valence-electron chi connectivity index (χ1n) is 8.33. The van der Waals surface area contributed by atoms with Crippen LogP contribution in [0.25, 0.3) is 11.3 Å². The molecule has 0 unspecified atom stereocenters. The van der Waals surface area contributed by atoms with Crippen molar-refractivity contribution < 1.29 is 9.34 Å². The van der Waals surface area contributed by atoms with E-state index < -0.39 is 4.92 Å². The van der Waals surface area contributed by atoms with Gasteiger partial charge in [-0.1, -0.05) is 6.07 Å². The number of rotatable bonds is 4. The van der Waals surface area contributed by atoms with Gasteiger partial charge < -0.3 is 14.6 Å². The number of nitrogens with one attached hydrogen (secondary N) is 1. The van der Waals surface area contributed by atoms with Crippen LogP contribution >= 0.6 is 12.2 Å². The number of nitro groups is 1. The molecule has 0 aliphatic carbocycles. The van der Waals surface area contributed by atoms with Crippen LogP contribution in [0.3, 0.4) is 0 Å². The van der Waals surface area contributed by atoms with Crippen molar-refractivity contribution in [2.45, 2.75) is 12.1 Å². The molecule has 0 saturated carbocycles. The third-order valence-corrected chi connectivity index (χ3v) is 5.03. The van der Waals surface area contributed by atoms with Crippen LogP contribution in [0.1, 0.15) is 23.5 Å². The molecule has 0 radical (unpaired) electrons. The molecule has 27 heavy (non-hydrogen) atoms. The monoisotopic (exact) mass is 380 g/mol. The number of furan rings is 1. The Hall–Kier alpha value is -3.26. The Bertz CT molecular complexity index is 988. The van der Waals surface area contributed by atoms with Gasteiger partial charge in [-0.3, -0.25) is 15.1 Å². The zero-order chi connectivity index (χ0) is 19.0. The van der Waals surface area contributed by atoms with Gasteiger partial charge in [-0.2, -0.15) is 0 Å². The van der Waals surface area contributed by atoms with E-state index in [2.05, 4.69) is 10.3 Å². The molecule has 2 aromatic heterocycles. The Kier molecular flexibility index (Phi) is 4.33. The molecule has 0 bridgehead atoms. The second kappa shape index (κ2) is 6.81. The van der Waals surface area contributed by atoms with Gasteiger partial charge in [-0.25, -0.2) is 0 Å². The largest absolute Gasteiger partial charge is 0.459 e. The van der Waals surface area contributed by atoms with E-state index in [9.17, 15) is 10.1 Å². The maximum atomic E-state index is 10.8. The third-order valence-electron chi connectivity index (χ3n) is 4.62. The summed E-state index contributed by atoms with van der Waals surface area (Å²) in [5.74, 6) is 1.39. The fourth-order valence-corrected chi connectivity index (χ4v) is 3.47. The zero-order valence-corrected chi connectivity index (χ0v) is 15.2. The van der Waals surface area contributed by atoms with Gasteiger partial charge in [0.1, 0.15) is 17.6 Å². The molecular formula is C19H16N4O3S. The number of thiocarbonyl (C=S) groups is 1. The van der Waals surface area contributed by atoms with Gasteiger partial charge in [-0.15, -0.1) is 0 Å². The number of aromatic nitrogens is 1. The molecule has 1 saturated heterocycles. The summed E-state index contributed by atoms with van der Waals surface area (Å²) in [6, 6.07) is 15.5. The molecule has 1 fully saturated rings. The summed E-state index contributed by atoms with van der Waals surface area (Å²) >= 11 is 5.42. The van der Waals surface area contributed by atoms with Gasteiger partial charge in [0.05, 0.1) is 16.7 Å². The average molecular weight is 380 g/mol. The number of hydrogen-bond donors (Lipinski definition) is 1. The lowest BCUT2D eigenvalue weighted by atomic mass is 10.0. The molecule has 0 spiro atoms. The number of hydrogen-bond acceptors (Lipinski definition) is 5. The summed E-state index contributed by atoms with van der Waals surface area (Å²) in [4.78, 5) is 16.8. The molecule has 1 aromatic carbocycles. The van der Waals surface area contributed by atoms with Gasteiger partial charge in [0.15, 0.2) is 5.11 Å². The fourth-order valence-electron chi connectivity index (χ4n) is 3.23. The fraction of sp³-hybridized carbons (Fsp3) is 0.158. The molecule has 3 aromatic rings. The molecule has 0 amide bonds. The summed E-state index contributed by atoms with van der Waals surface area (Å²) in [6.07, 6.45) is 1.75. The average Bonchev–Trinajstić information content (AvgIpc) is 3.28. The molecule has 1 aliphatic rings. The molecule has 1 N–H and O–H groups in total. The molecular weight excluding hydrogens is 364 g/mol. The number of nitrogens with zero attached hydrogens (tertiary/aromatic N) is 3. The van der Waals surface area contributed by atoms with Crippen molar-refractivity contribution in [3.05, 3.63) is 82.4 Å². The number of pyridine rings is 1. The van der Waals surface area contributed by atoms with Crippen molar-refractivity contribution in [3.63, 3.8) is 0 Å². The van der Waals surface area contributed by atoms with E-state index >= 15 is 0 Å². The SMILES string of the molecule is CN1C(=S)N[C@@H](c2ccccn2)[C@@H]1c1ccc(-c2ccc([N+](=O)[O-])cc2)o1. The van der Waals surface area contributed by atoms with Crippen LogP contribution in [-0.2, 0) is 0 Å². The van der Waals surface area contributed by atoms with Crippen molar-refractivity contribution in [3.8, 4) is 11.3 Å². The number of likely N-dealkylation sites (N-methyl/N-ethyl adjacent to an activating group) is 1. The van der Waals surface area contributed by atoms with Crippen molar-refractivity contribution >= 4 is 23.0 Å². The highest BCUT2D eigenvalue weighted by Crippen LogP contribution is 2.39. The van der Waals surface area contributed by atoms with Crippen LogP contribution in [0.5, 0.6) is 0 Å². The summed E-state index contributed by atoms with van der Waals surface area (Å²) in [7, 11) is 1.91. The first kappa shape index (κ1) is 17.2. The molecule has 2 atom stereocenters. The zero-order valence-electron chi connectivity index (χ0n) is 14.4. The van der Waals surface area contributed by atoms with Crippen molar-refractivity contribution in [2.75, 3.05) is 7.05 Å². The van der Waals surface area contributed by atoms with Crippen molar-refractivity contribution in [2.24, 2.45) is 0 Å². The molecule has 136 valence electrons. The van der Waals surface area contributed by atoms with E-state index in [0.29, 0.717) is 10.9 Å². The lowest BCUT2D eigenvalue weighted by Crippen LogP contribution is -2.24. The topological polar surface area (TPSA) is 84.4 Å². The van der Waals surface area contributed by atoms with Crippen LogP contribution in [0.15, 0.2) is 65.2 Å². The Morgan fingerprint density at radius 2 is 1.96 bits per heavy atom. The van der Waals surface area contributed by atoms with Gasteiger partial charge in [0, 0.05) is 30.9 Å². The number of benzene rings is 1. The minimum Gasteiger partial charge on any atom is -0.459 e. The number of non-ortho nitro benzene ring substituents is 1. The molecule has 8 heteroatoms. The second-order valence-corrected chi connectivity index (χ2v) is 6.63. The quantitative estimate of drug-likeness (QED) is 0.418. The van der Waals surface area contributed by atoms with Gasteiger partial charge in [0.25, 0.3) is 5.69 Å². The minimum atomic E-state index is -0.422. The molecule has 1 aliphatic heterocycles. The van der Waals surface area contributed by atoms with E-state index in [1.54, 1.807) is 18.3 Å². The molecule has 4 rings (SSSR count). The van der Waals surface area contributed by atoms with E-state index in [4.69, 9.17) is 16.6 Å². The van der Waals surface area contributed by atoms with Crippen LogP contribution < -0.4 is 5.32 Å². The van der Waals surface area contributed by atoms with Gasteiger partial charge in [0.2, 0.25) is 0 Å². The molecule has 7 nitrogen and oxygen atoms in total. The maximum absolute atomic E-state index is 10.8. The highest BCUT2D eigenvalue weighted by Gasteiger charge is 2.39. The van der Waals surface area contributed by atoms with Crippen molar-refractivity contribution in [1.82, 2.24) is 15.2 Å². The predicted molar refractivity (Wildman–Crippen MR) is 104 cm³/mol. The van der Waals surface area contributed by atoms with Crippen LogP contribution in [0, 0.1) is 10.1 Å². The normalized spacial score (nSPS) is 19.1. The smallest absolute Gasteiger partial charge is 0.269 e. The Labute approximate surface area is 160 Å². The van der Waals surface area contributed by atoms with Crippen LogP contribution in [-0.4, -0.2) is 27.0 Å². The number of nitro benzene ring substituents is 1. The lowest BCUT2D eigenvalue weighted by molar-refractivity contribution is -0.384. The first-order valence-corrected chi connectivity index (χ1v) is 8.74. The Morgan fingerprint density at radius 1 is 1.19 bits per heavy atom. The van der Waals surface area contributed by atoms with Gasteiger partial charge >= 0.3 is 0 Å². The highest BCUT2D eigenvalue weighted by molar-refractivity contribution is 7.80. The summed E-state index contributed by atoms with van der Waals surface area (Å²) in [6.45, 7) is 0. The third kappa shape index (κ3) is 3.15. The van der Waals surface area contributed by atoms with Crippen LogP contribution in [0.4, 0.5) is 5.69 Å². The minimum absolute atomic E-state index is 0.0471. The maximum Gasteiger partial charge on any atom is 0.269 e. The van der Waals surface area contributed by atoms with E-state index in [1.165, 1.54) is 12.1 Å². The van der Waals surface area contributed by atoms with E-state index in [-0.39, 0.29) is 17.8 Å². The highest BCUT2D eigenvalue weighted by atomic mass is 32.1. The summed E-state index contributed by atoms with van der Waals surface area (Å²) in [5, 5.41) is 14.7. The predicted octanol–water partition coefficient (Wildman–Crippen LogP) is 3.85. The van der Waals surface area contributed by atoms with Gasteiger partial charge in [-0.05, 0) is 48.6 Å². The van der Waals surface area contributed by atoms with Crippen molar-refractivity contribution in [1.29, 1.82) is 0 Å².